The molecule has 0 fully saturated rings. The maximum atomic E-state index is 5.62. The van der Waals surface area contributed by atoms with Gasteiger partial charge >= 0.3 is 0 Å². The summed E-state index contributed by atoms with van der Waals surface area (Å²) in [5, 5.41) is 1.72. The Morgan fingerprint density at radius 1 is 1.73 bits per heavy atom. The molecule has 0 spiro atoms. The molecule has 0 heterocycles. The summed E-state index contributed by atoms with van der Waals surface area (Å²) >= 11 is 0. The minimum atomic E-state index is 0.352. The molecule has 0 saturated carbocycles. The van der Waals surface area contributed by atoms with Crippen LogP contribution < -0.4 is 5.84 Å². The molecule has 64 valence electrons. The van der Waals surface area contributed by atoms with Gasteiger partial charge in [-0.25, -0.2) is 5.01 Å². The van der Waals surface area contributed by atoms with E-state index in [4.69, 9.17) is 5.84 Å². The highest BCUT2D eigenvalue weighted by Crippen LogP contribution is 2.09. The van der Waals surface area contributed by atoms with E-state index in [1.807, 2.05) is 20.0 Å². The molecule has 0 rings (SSSR count). The van der Waals surface area contributed by atoms with E-state index in [9.17, 15) is 0 Å². The molecule has 0 aliphatic heterocycles. The molecule has 0 aliphatic carbocycles. The molecule has 0 saturated heterocycles. The molecular formula is C9H18N2. The van der Waals surface area contributed by atoms with Gasteiger partial charge in [0, 0.05) is 13.1 Å². The van der Waals surface area contributed by atoms with Crippen LogP contribution in [-0.2, 0) is 0 Å². The van der Waals surface area contributed by atoms with Gasteiger partial charge in [0.2, 0.25) is 0 Å². The zero-order chi connectivity index (χ0) is 8.85. The summed E-state index contributed by atoms with van der Waals surface area (Å²) in [6.07, 6.45) is 3.75. The van der Waals surface area contributed by atoms with Gasteiger partial charge in [0.15, 0.2) is 0 Å². The number of nitrogens with two attached hydrogens (primary N) is 1. The molecule has 1 atom stereocenters. The first kappa shape index (κ1) is 10.4. The third-order valence-corrected chi connectivity index (χ3v) is 1.60. The lowest BCUT2D eigenvalue weighted by Gasteiger charge is -2.22. The van der Waals surface area contributed by atoms with Crippen LogP contribution in [0.1, 0.15) is 19.8 Å². The summed E-state index contributed by atoms with van der Waals surface area (Å²) in [6.45, 7) is 9.53. The monoisotopic (exact) mass is 154 g/mol. The van der Waals surface area contributed by atoms with E-state index in [2.05, 4.69) is 13.2 Å². The quantitative estimate of drug-likeness (QED) is 0.371. The van der Waals surface area contributed by atoms with Crippen molar-refractivity contribution in [1.82, 2.24) is 5.01 Å². The van der Waals surface area contributed by atoms with E-state index < -0.39 is 0 Å². The first-order valence-corrected chi connectivity index (χ1v) is 3.80. The molecule has 2 nitrogen and oxygen atoms in total. The predicted octanol–water partition coefficient (Wildman–Crippen LogP) is 1.70. The summed E-state index contributed by atoms with van der Waals surface area (Å²) in [4.78, 5) is 0. The number of rotatable bonds is 5. The predicted molar refractivity (Wildman–Crippen MR) is 50.0 cm³/mol. The SMILES string of the molecule is C=CCC(CC(=C)C)N(C)N. The Morgan fingerprint density at radius 3 is 2.55 bits per heavy atom. The van der Waals surface area contributed by atoms with Crippen LogP contribution in [0.5, 0.6) is 0 Å². The fraction of sp³-hybridized carbons (Fsp3) is 0.556. The second kappa shape index (κ2) is 5.10. The van der Waals surface area contributed by atoms with Gasteiger partial charge in [0.1, 0.15) is 0 Å². The minimum absolute atomic E-state index is 0.352. The van der Waals surface area contributed by atoms with Crippen molar-refractivity contribution in [2.45, 2.75) is 25.8 Å². The fourth-order valence-corrected chi connectivity index (χ4v) is 0.988. The van der Waals surface area contributed by atoms with Crippen molar-refractivity contribution in [3.05, 3.63) is 24.8 Å². The average molecular weight is 154 g/mol. The fourth-order valence-electron chi connectivity index (χ4n) is 0.988. The molecular weight excluding hydrogens is 136 g/mol. The summed E-state index contributed by atoms with van der Waals surface area (Å²) in [6, 6.07) is 0.352. The molecule has 11 heavy (non-hydrogen) atoms. The summed E-state index contributed by atoms with van der Waals surface area (Å²) < 4.78 is 0. The van der Waals surface area contributed by atoms with Gasteiger partial charge in [-0.1, -0.05) is 11.6 Å². The Kier molecular flexibility index (Phi) is 4.83. The van der Waals surface area contributed by atoms with Crippen molar-refractivity contribution in [1.29, 1.82) is 0 Å². The number of hydrogen-bond acceptors (Lipinski definition) is 2. The topological polar surface area (TPSA) is 29.3 Å². The van der Waals surface area contributed by atoms with E-state index >= 15 is 0 Å². The molecule has 0 aromatic carbocycles. The zero-order valence-electron chi connectivity index (χ0n) is 7.51. The smallest absolute Gasteiger partial charge is 0.0309 e. The lowest BCUT2D eigenvalue weighted by atomic mass is 10.1. The van der Waals surface area contributed by atoms with Crippen LogP contribution in [0.15, 0.2) is 24.8 Å². The molecule has 0 aromatic heterocycles. The van der Waals surface area contributed by atoms with Gasteiger partial charge in [-0.3, -0.25) is 5.84 Å². The van der Waals surface area contributed by atoms with Gasteiger partial charge in [-0.2, -0.15) is 0 Å². The zero-order valence-corrected chi connectivity index (χ0v) is 7.51. The average Bonchev–Trinajstić information content (AvgIpc) is 1.86. The maximum Gasteiger partial charge on any atom is 0.0309 e. The Morgan fingerprint density at radius 2 is 2.27 bits per heavy atom. The first-order chi connectivity index (χ1) is 5.07. The largest absolute Gasteiger partial charge is 0.269 e. The van der Waals surface area contributed by atoms with Crippen LogP contribution >= 0.6 is 0 Å². The Bertz CT molecular complexity index is 138. The molecule has 0 radical (unpaired) electrons. The van der Waals surface area contributed by atoms with Crippen molar-refractivity contribution >= 4 is 0 Å². The highest BCUT2D eigenvalue weighted by atomic mass is 15.4. The van der Waals surface area contributed by atoms with E-state index in [0.717, 1.165) is 18.4 Å². The second-order valence-electron chi connectivity index (χ2n) is 3.00. The van der Waals surface area contributed by atoms with Crippen LogP contribution in [-0.4, -0.2) is 18.1 Å². The van der Waals surface area contributed by atoms with Gasteiger partial charge in [0.05, 0.1) is 0 Å². The van der Waals surface area contributed by atoms with E-state index in [0.29, 0.717) is 6.04 Å². The van der Waals surface area contributed by atoms with Gasteiger partial charge in [-0.15, -0.1) is 13.2 Å². The molecule has 2 heteroatoms. The number of hydrogen-bond donors (Lipinski definition) is 1. The van der Waals surface area contributed by atoms with Crippen LogP contribution in [0.3, 0.4) is 0 Å². The van der Waals surface area contributed by atoms with E-state index in [1.54, 1.807) is 5.01 Å². The van der Waals surface area contributed by atoms with Crippen molar-refractivity contribution in [3.8, 4) is 0 Å². The Balaban J connectivity index is 3.88. The summed E-state index contributed by atoms with van der Waals surface area (Å²) in [5.74, 6) is 5.62. The second-order valence-corrected chi connectivity index (χ2v) is 3.00. The molecule has 0 amide bonds. The third-order valence-electron chi connectivity index (χ3n) is 1.60. The third kappa shape index (κ3) is 4.76. The van der Waals surface area contributed by atoms with Crippen molar-refractivity contribution in [2.24, 2.45) is 5.84 Å². The maximum absolute atomic E-state index is 5.62. The molecule has 2 N–H and O–H groups in total. The van der Waals surface area contributed by atoms with E-state index in [1.165, 1.54) is 0 Å². The number of hydrazine groups is 1. The molecule has 0 bridgehead atoms. The van der Waals surface area contributed by atoms with Crippen LogP contribution in [0.2, 0.25) is 0 Å². The lowest BCUT2D eigenvalue weighted by Crippen LogP contribution is -2.37. The van der Waals surface area contributed by atoms with Gasteiger partial charge in [-0.05, 0) is 19.8 Å². The highest BCUT2D eigenvalue weighted by Gasteiger charge is 2.08. The van der Waals surface area contributed by atoms with Gasteiger partial charge in [0.25, 0.3) is 0 Å². The highest BCUT2D eigenvalue weighted by molar-refractivity contribution is 4.94. The molecule has 0 aliphatic rings. The standard InChI is InChI=1S/C9H18N2/c1-5-6-9(11(4)10)7-8(2)3/h5,9H,1-2,6-7,10H2,3-4H3. The summed E-state index contributed by atoms with van der Waals surface area (Å²) in [5.41, 5.74) is 1.16. The number of nitrogens with zero attached hydrogens (tertiary/aromatic N) is 1. The van der Waals surface area contributed by atoms with Gasteiger partial charge < -0.3 is 0 Å². The van der Waals surface area contributed by atoms with Crippen molar-refractivity contribution in [3.63, 3.8) is 0 Å². The minimum Gasteiger partial charge on any atom is -0.269 e. The van der Waals surface area contributed by atoms with Crippen LogP contribution in [0, 0.1) is 0 Å². The Hall–Kier alpha value is -0.600. The first-order valence-electron chi connectivity index (χ1n) is 3.80. The van der Waals surface area contributed by atoms with E-state index in [-0.39, 0.29) is 0 Å². The van der Waals surface area contributed by atoms with Crippen molar-refractivity contribution in [2.75, 3.05) is 7.05 Å². The van der Waals surface area contributed by atoms with Crippen LogP contribution in [0.4, 0.5) is 0 Å². The Labute approximate surface area is 69.3 Å². The van der Waals surface area contributed by atoms with Crippen LogP contribution in [0.25, 0.3) is 0 Å². The normalized spacial score (nSPS) is 13.1. The lowest BCUT2D eigenvalue weighted by molar-refractivity contribution is 0.248. The summed E-state index contributed by atoms with van der Waals surface area (Å²) in [7, 11) is 1.87. The molecule has 1 unspecified atom stereocenters. The molecule has 0 aromatic rings. The van der Waals surface area contributed by atoms with Crippen molar-refractivity contribution < 1.29 is 0 Å².